The fourth-order valence-corrected chi connectivity index (χ4v) is 6.62. The first kappa shape index (κ1) is 18.2. The van der Waals surface area contributed by atoms with E-state index < -0.39 is 0 Å². The second-order valence-electron chi connectivity index (χ2n) is 5.35. The molecule has 0 saturated carbocycles. The minimum absolute atomic E-state index is 0.675. The first-order valence-corrected chi connectivity index (χ1v) is 10.8. The van der Waals surface area contributed by atoms with Crippen molar-refractivity contribution in [1.82, 2.24) is 0 Å². The molecule has 0 amide bonds. The van der Waals surface area contributed by atoms with Crippen LogP contribution in [0.25, 0.3) is 0 Å². The molecule has 2 aliphatic heterocycles. The molecule has 2 aromatic carbocycles. The number of thiocarbonyl (C=S) groups is 4. The van der Waals surface area contributed by atoms with Crippen LogP contribution in [0.1, 0.15) is 0 Å². The van der Waals surface area contributed by atoms with Crippen molar-refractivity contribution in [1.29, 1.82) is 0 Å². The summed E-state index contributed by atoms with van der Waals surface area (Å²) < 4.78 is 1.41. The van der Waals surface area contributed by atoms with E-state index >= 15 is 0 Å². The lowest BCUT2D eigenvalue weighted by Crippen LogP contribution is -2.28. The molecule has 8 heteroatoms. The summed E-state index contributed by atoms with van der Waals surface area (Å²) in [6, 6.07) is 19.8. The van der Waals surface area contributed by atoms with E-state index in [0.717, 1.165) is 21.2 Å². The molecule has 0 atom stereocenters. The largest absolute Gasteiger partial charge is 0.285 e. The maximum Gasteiger partial charge on any atom is 0.151 e. The highest BCUT2D eigenvalue weighted by molar-refractivity contribution is 8.31. The van der Waals surface area contributed by atoms with Crippen molar-refractivity contribution in [2.45, 2.75) is 0 Å². The van der Waals surface area contributed by atoms with Crippen LogP contribution in [0.5, 0.6) is 0 Å². The fourth-order valence-electron chi connectivity index (χ4n) is 2.61. The van der Waals surface area contributed by atoms with Gasteiger partial charge in [-0.2, -0.15) is 0 Å². The molecule has 128 valence electrons. The molecule has 2 aromatic rings. The Balaban J connectivity index is 1.72. The SMILES string of the molecule is S=C1S/C(=C2/SC(=S)N(c3ccccc3)C2=S)C(=S)N1c1ccccc1. The predicted octanol–water partition coefficient (Wildman–Crippen LogP) is 5.93. The Morgan fingerprint density at radius 2 is 0.885 bits per heavy atom. The summed E-state index contributed by atoms with van der Waals surface area (Å²) in [6.07, 6.45) is 0. The van der Waals surface area contributed by atoms with Crippen molar-refractivity contribution >= 4 is 102 Å². The Labute approximate surface area is 181 Å². The maximum atomic E-state index is 5.73. The Bertz CT molecular complexity index is 888. The third-order valence-electron chi connectivity index (χ3n) is 3.77. The molecule has 26 heavy (non-hydrogen) atoms. The lowest BCUT2D eigenvalue weighted by Gasteiger charge is -2.17. The quantitative estimate of drug-likeness (QED) is 0.408. The first-order valence-electron chi connectivity index (χ1n) is 7.55. The number of thioether (sulfide) groups is 2. The van der Waals surface area contributed by atoms with Crippen LogP contribution < -0.4 is 9.80 Å². The van der Waals surface area contributed by atoms with Crippen LogP contribution in [0.15, 0.2) is 70.5 Å². The molecule has 0 N–H and O–H groups in total. The van der Waals surface area contributed by atoms with Crippen LogP contribution in [-0.2, 0) is 0 Å². The molecular formula is C18H10N2S6. The minimum Gasteiger partial charge on any atom is -0.285 e. The number of benzene rings is 2. The Hall–Kier alpha value is -1.16. The van der Waals surface area contributed by atoms with Crippen molar-refractivity contribution in [2.75, 3.05) is 9.80 Å². The van der Waals surface area contributed by atoms with E-state index in [4.69, 9.17) is 48.9 Å². The molecule has 0 aromatic heterocycles. The van der Waals surface area contributed by atoms with E-state index in [1.54, 1.807) is 0 Å². The van der Waals surface area contributed by atoms with E-state index in [9.17, 15) is 0 Å². The van der Waals surface area contributed by atoms with Gasteiger partial charge in [-0.15, -0.1) is 0 Å². The molecule has 2 aliphatic rings. The summed E-state index contributed by atoms with van der Waals surface area (Å²) in [5, 5.41) is 0. The zero-order valence-corrected chi connectivity index (χ0v) is 18.0. The molecule has 2 fully saturated rings. The molecule has 0 aliphatic carbocycles. The Morgan fingerprint density at radius 3 is 1.23 bits per heavy atom. The third-order valence-corrected chi connectivity index (χ3v) is 7.72. The van der Waals surface area contributed by atoms with Gasteiger partial charge in [0.15, 0.2) is 8.64 Å². The summed E-state index contributed by atoms with van der Waals surface area (Å²) >= 11 is 25.6. The van der Waals surface area contributed by atoms with Crippen molar-refractivity contribution in [2.24, 2.45) is 0 Å². The highest BCUT2D eigenvalue weighted by Gasteiger charge is 2.39. The summed E-state index contributed by atoms with van der Waals surface area (Å²) in [5.74, 6) is 0. The molecule has 0 radical (unpaired) electrons. The van der Waals surface area contributed by atoms with Crippen LogP contribution in [0, 0.1) is 0 Å². The van der Waals surface area contributed by atoms with Gasteiger partial charge in [0.05, 0.1) is 9.81 Å². The summed E-state index contributed by atoms with van der Waals surface area (Å²) in [6.45, 7) is 0. The van der Waals surface area contributed by atoms with Gasteiger partial charge in [-0.05, 0) is 24.3 Å². The van der Waals surface area contributed by atoms with Crippen molar-refractivity contribution in [3.63, 3.8) is 0 Å². The van der Waals surface area contributed by atoms with Crippen molar-refractivity contribution < 1.29 is 0 Å². The van der Waals surface area contributed by atoms with E-state index in [0.29, 0.717) is 18.6 Å². The molecule has 2 nitrogen and oxygen atoms in total. The van der Waals surface area contributed by atoms with Gasteiger partial charge in [0.1, 0.15) is 9.98 Å². The average molecular weight is 447 g/mol. The molecular weight excluding hydrogens is 437 g/mol. The number of rotatable bonds is 2. The molecule has 0 bridgehead atoms. The maximum absolute atomic E-state index is 5.73. The third kappa shape index (κ3) is 3.15. The van der Waals surface area contributed by atoms with E-state index in [-0.39, 0.29) is 0 Å². The Kier molecular flexibility index (Phi) is 5.22. The van der Waals surface area contributed by atoms with Gasteiger partial charge in [0.2, 0.25) is 0 Å². The van der Waals surface area contributed by atoms with Crippen LogP contribution in [-0.4, -0.2) is 18.6 Å². The minimum atomic E-state index is 0.675. The zero-order valence-electron chi connectivity index (χ0n) is 13.1. The van der Waals surface area contributed by atoms with Crippen molar-refractivity contribution in [3.8, 4) is 0 Å². The van der Waals surface area contributed by atoms with Crippen LogP contribution >= 0.6 is 72.4 Å². The predicted molar refractivity (Wildman–Crippen MR) is 130 cm³/mol. The van der Waals surface area contributed by atoms with Crippen LogP contribution in [0.3, 0.4) is 0 Å². The van der Waals surface area contributed by atoms with Gasteiger partial charge < -0.3 is 0 Å². The van der Waals surface area contributed by atoms with Gasteiger partial charge in [-0.3, -0.25) is 9.80 Å². The molecule has 4 rings (SSSR count). The lowest BCUT2D eigenvalue weighted by atomic mass is 10.3. The monoisotopic (exact) mass is 446 g/mol. The van der Waals surface area contributed by atoms with Crippen LogP contribution in [0.2, 0.25) is 0 Å². The van der Waals surface area contributed by atoms with Gasteiger partial charge in [0.25, 0.3) is 0 Å². The van der Waals surface area contributed by atoms with Crippen molar-refractivity contribution in [3.05, 3.63) is 70.5 Å². The fraction of sp³-hybridized carbons (Fsp3) is 0. The van der Waals surface area contributed by atoms with E-state index in [1.165, 1.54) is 23.5 Å². The summed E-state index contributed by atoms with van der Waals surface area (Å²) in [4.78, 5) is 6.99. The zero-order chi connectivity index (χ0) is 18.3. The lowest BCUT2D eigenvalue weighted by molar-refractivity contribution is 1.50. The number of para-hydroxylation sites is 2. The van der Waals surface area contributed by atoms with E-state index in [1.807, 2.05) is 70.5 Å². The molecule has 0 spiro atoms. The molecule has 0 unspecified atom stereocenters. The summed E-state index contributed by atoms with van der Waals surface area (Å²) in [7, 11) is 0. The second kappa shape index (κ2) is 7.46. The number of nitrogens with zero attached hydrogens (tertiary/aromatic N) is 2. The average Bonchev–Trinajstić information content (AvgIpc) is 3.11. The van der Waals surface area contributed by atoms with E-state index in [2.05, 4.69) is 0 Å². The molecule has 2 saturated heterocycles. The highest BCUT2D eigenvalue weighted by Crippen LogP contribution is 2.45. The smallest absolute Gasteiger partial charge is 0.151 e. The Morgan fingerprint density at radius 1 is 0.538 bits per heavy atom. The van der Waals surface area contributed by atoms with Gasteiger partial charge in [0, 0.05) is 11.4 Å². The van der Waals surface area contributed by atoms with Gasteiger partial charge >= 0.3 is 0 Å². The topological polar surface area (TPSA) is 6.48 Å². The highest BCUT2D eigenvalue weighted by atomic mass is 32.2. The normalized spacial score (nSPS) is 20.5. The van der Waals surface area contributed by atoms with Gasteiger partial charge in [-0.1, -0.05) is 109 Å². The standard InChI is InChI=1S/C18H10N2S6/c21-15-13(25-17(23)19(15)11-7-3-1-4-8-11)14-16(22)20(18(24)26-14)12-9-5-2-6-10-12/h1-10H/b14-13+. The van der Waals surface area contributed by atoms with Gasteiger partial charge in [-0.25, -0.2) is 0 Å². The number of anilines is 2. The summed E-state index contributed by atoms with van der Waals surface area (Å²) in [5.41, 5.74) is 1.92. The van der Waals surface area contributed by atoms with Crippen LogP contribution in [0.4, 0.5) is 11.4 Å². The number of hydrogen-bond acceptors (Lipinski definition) is 6. The molecule has 2 heterocycles. The first-order chi connectivity index (χ1) is 12.6. The number of hydrogen-bond donors (Lipinski definition) is 0. The second-order valence-corrected chi connectivity index (χ2v) is 9.41.